The first kappa shape index (κ1) is 13.1. The lowest BCUT2D eigenvalue weighted by Crippen LogP contribution is -2.22. The van der Waals surface area contributed by atoms with Crippen molar-refractivity contribution in [1.82, 2.24) is 9.97 Å². The van der Waals surface area contributed by atoms with E-state index in [0.717, 1.165) is 29.2 Å². The number of benzene rings is 1. The van der Waals surface area contributed by atoms with Gasteiger partial charge in [0.1, 0.15) is 5.82 Å². The SMILES string of the molecule is CCc1ncc(C)nc1N[C@@H]1c2ccccc2C[C@@H]1O. The van der Waals surface area contributed by atoms with Gasteiger partial charge in [-0.25, -0.2) is 4.98 Å². The number of nitrogens with one attached hydrogen (secondary N) is 1. The summed E-state index contributed by atoms with van der Waals surface area (Å²) < 4.78 is 0. The smallest absolute Gasteiger partial charge is 0.148 e. The largest absolute Gasteiger partial charge is 0.390 e. The summed E-state index contributed by atoms with van der Waals surface area (Å²) in [6, 6.07) is 8.06. The first-order valence-corrected chi connectivity index (χ1v) is 7.04. The summed E-state index contributed by atoms with van der Waals surface area (Å²) in [5.74, 6) is 0.785. The molecule has 0 radical (unpaired) electrons. The predicted octanol–water partition coefficient (Wildman–Crippen LogP) is 2.42. The molecule has 2 atom stereocenters. The van der Waals surface area contributed by atoms with Gasteiger partial charge in [0.05, 0.1) is 23.5 Å². The third-order valence-corrected chi connectivity index (χ3v) is 3.80. The molecule has 2 aromatic rings. The van der Waals surface area contributed by atoms with Crippen molar-refractivity contribution in [2.45, 2.75) is 38.8 Å². The van der Waals surface area contributed by atoms with E-state index < -0.39 is 6.10 Å². The van der Waals surface area contributed by atoms with Gasteiger partial charge in [-0.15, -0.1) is 0 Å². The Hall–Kier alpha value is -1.94. The number of hydrogen-bond donors (Lipinski definition) is 2. The van der Waals surface area contributed by atoms with Gasteiger partial charge in [-0.2, -0.15) is 0 Å². The number of aryl methyl sites for hydroxylation is 2. The monoisotopic (exact) mass is 269 g/mol. The zero-order valence-corrected chi connectivity index (χ0v) is 11.8. The summed E-state index contributed by atoms with van der Waals surface area (Å²) in [7, 11) is 0. The lowest BCUT2D eigenvalue weighted by atomic mass is 10.1. The zero-order chi connectivity index (χ0) is 14.1. The molecule has 1 aliphatic carbocycles. The number of anilines is 1. The van der Waals surface area contributed by atoms with Crippen LogP contribution in [0.2, 0.25) is 0 Å². The number of aromatic nitrogens is 2. The van der Waals surface area contributed by atoms with Gasteiger partial charge < -0.3 is 10.4 Å². The highest BCUT2D eigenvalue weighted by molar-refractivity contribution is 5.47. The maximum absolute atomic E-state index is 10.3. The van der Waals surface area contributed by atoms with Crippen molar-refractivity contribution in [2.75, 3.05) is 5.32 Å². The molecule has 4 heteroatoms. The quantitative estimate of drug-likeness (QED) is 0.898. The van der Waals surface area contributed by atoms with E-state index >= 15 is 0 Å². The van der Waals surface area contributed by atoms with Gasteiger partial charge in [-0.1, -0.05) is 31.2 Å². The van der Waals surface area contributed by atoms with Crippen LogP contribution in [-0.4, -0.2) is 21.2 Å². The molecule has 1 aromatic carbocycles. The maximum Gasteiger partial charge on any atom is 0.148 e. The highest BCUT2D eigenvalue weighted by atomic mass is 16.3. The normalized spacial score (nSPS) is 20.8. The van der Waals surface area contributed by atoms with Crippen LogP contribution in [0.4, 0.5) is 5.82 Å². The van der Waals surface area contributed by atoms with Crippen LogP contribution in [0.3, 0.4) is 0 Å². The third-order valence-electron chi connectivity index (χ3n) is 3.80. The molecule has 2 N–H and O–H groups in total. The average molecular weight is 269 g/mol. The van der Waals surface area contributed by atoms with Crippen LogP contribution in [-0.2, 0) is 12.8 Å². The molecular formula is C16H19N3O. The Kier molecular flexibility index (Phi) is 3.40. The summed E-state index contributed by atoms with van der Waals surface area (Å²) in [5.41, 5.74) is 4.18. The van der Waals surface area contributed by atoms with Crippen LogP contribution < -0.4 is 5.32 Å². The molecule has 4 nitrogen and oxygen atoms in total. The number of nitrogens with zero attached hydrogens (tertiary/aromatic N) is 2. The minimum atomic E-state index is -0.417. The topological polar surface area (TPSA) is 58.0 Å². The first-order valence-electron chi connectivity index (χ1n) is 7.04. The molecule has 20 heavy (non-hydrogen) atoms. The van der Waals surface area contributed by atoms with Crippen LogP contribution >= 0.6 is 0 Å². The number of fused-ring (bicyclic) bond motifs is 1. The molecule has 0 bridgehead atoms. The first-order chi connectivity index (χ1) is 9.69. The van der Waals surface area contributed by atoms with Crippen LogP contribution in [0.15, 0.2) is 30.5 Å². The summed E-state index contributed by atoms with van der Waals surface area (Å²) in [6.45, 7) is 3.99. The predicted molar refractivity (Wildman–Crippen MR) is 78.7 cm³/mol. The van der Waals surface area contributed by atoms with Crippen LogP contribution in [0.25, 0.3) is 0 Å². The maximum atomic E-state index is 10.3. The Morgan fingerprint density at radius 2 is 2.15 bits per heavy atom. The van der Waals surface area contributed by atoms with E-state index in [4.69, 9.17) is 0 Å². The minimum absolute atomic E-state index is 0.104. The second kappa shape index (κ2) is 5.21. The molecule has 0 saturated heterocycles. The van der Waals surface area contributed by atoms with E-state index in [-0.39, 0.29) is 6.04 Å². The van der Waals surface area contributed by atoms with Crippen molar-refractivity contribution in [3.05, 3.63) is 53.0 Å². The Labute approximate surface area is 118 Å². The van der Waals surface area contributed by atoms with Gasteiger partial charge in [0.15, 0.2) is 0 Å². The van der Waals surface area contributed by atoms with E-state index in [1.54, 1.807) is 6.20 Å². The third kappa shape index (κ3) is 2.27. The van der Waals surface area contributed by atoms with E-state index in [0.29, 0.717) is 6.42 Å². The molecule has 0 unspecified atom stereocenters. The summed E-state index contributed by atoms with van der Waals surface area (Å²) >= 11 is 0. The molecule has 0 fully saturated rings. The average Bonchev–Trinajstić information content (AvgIpc) is 2.76. The number of aliphatic hydroxyl groups excluding tert-OH is 1. The van der Waals surface area contributed by atoms with Crippen molar-refractivity contribution < 1.29 is 5.11 Å². The fraction of sp³-hybridized carbons (Fsp3) is 0.375. The zero-order valence-electron chi connectivity index (χ0n) is 11.8. The molecular weight excluding hydrogens is 250 g/mol. The lowest BCUT2D eigenvalue weighted by molar-refractivity contribution is 0.165. The Morgan fingerprint density at radius 3 is 2.95 bits per heavy atom. The van der Waals surface area contributed by atoms with E-state index in [9.17, 15) is 5.11 Å². The lowest BCUT2D eigenvalue weighted by Gasteiger charge is -2.20. The van der Waals surface area contributed by atoms with E-state index in [1.165, 1.54) is 5.56 Å². The van der Waals surface area contributed by atoms with E-state index in [1.807, 2.05) is 19.1 Å². The molecule has 0 aliphatic heterocycles. The van der Waals surface area contributed by atoms with Crippen molar-refractivity contribution in [3.8, 4) is 0 Å². The van der Waals surface area contributed by atoms with Crippen molar-refractivity contribution in [3.63, 3.8) is 0 Å². The van der Waals surface area contributed by atoms with Crippen LogP contribution in [0, 0.1) is 6.92 Å². The molecule has 1 aromatic heterocycles. The Morgan fingerprint density at radius 1 is 1.35 bits per heavy atom. The number of rotatable bonds is 3. The summed E-state index contributed by atoms with van der Waals surface area (Å²) in [5, 5.41) is 13.7. The number of hydrogen-bond acceptors (Lipinski definition) is 4. The van der Waals surface area contributed by atoms with Gasteiger partial charge in [0.2, 0.25) is 0 Å². The highest BCUT2D eigenvalue weighted by Gasteiger charge is 2.31. The van der Waals surface area contributed by atoms with Crippen LogP contribution in [0.5, 0.6) is 0 Å². The highest BCUT2D eigenvalue weighted by Crippen LogP contribution is 2.34. The Balaban J connectivity index is 1.94. The number of aliphatic hydroxyl groups is 1. The van der Waals surface area contributed by atoms with Crippen molar-refractivity contribution in [2.24, 2.45) is 0 Å². The molecule has 104 valence electrons. The molecule has 3 rings (SSSR count). The standard InChI is InChI=1S/C16H19N3O/c1-3-13-16(18-10(2)9-17-13)19-15-12-7-5-4-6-11(12)8-14(15)20/h4-7,9,14-15,20H,3,8H2,1-2H3,(H,18,19)/t14-,15+/m0/s1. The van der Waals surface area contributed by atoms with Gasteiger partial charge in [-0.3, -0.25) is 4.98 Å². The molecule has 1 aliphatic rings. The van der Waals surface area contributed by atoms with Crippen molar-refractivity contribution >= 4 is 5.82 Å². The van der Waals surface area contributed by atoms with Gasteiger partial charge >= 0.3 is 0 Å². The van der Waals surface area contributed by atoms with Crippen molar-refractivity contribution in [1.29, 1.82) is 0 Å². The minimum Gasteiger partial charge on any atom is -0.390 e. The van der Waals surface area contributed by atoms with Gasteiger partial charge in [-0.05, 0) is 24.5 Å². The molecule has 0 spiro atoms. The van der Waals surface area contributed by atoms with Gasteiger partial charge in [0, 0.05) is 12.6 Å². The van der Waals surface area contributed by atoms with Gasteiger partial charge in [0.25, 0.3) is 0 Å². The summed E-state index contributed by atoms with van der Waals surface area (Å²) in [4.78, 5) is 8.94. The molecule has 0 amide bonds. The summed E-state index contributed by atoms with van der Waals surface area (Å²) in [6.07, 6.45) is 2.87. The molecule has 0 saturated carbocycles. The second-order valence-electron chi connectivity index (χ2n) is 5.25. The molecule has 1 heterocycles. The fourth-order valence-corrected chi connectivity index (χ4v) is 2.77. The van der Waals surface area contributed by atoms with E-state index in [2.05, 4.69) is 34.3 Å². The fourth-order valence-electron chi connectivity index (χ4n) is 2.77. The van der Waals surface area contributed by atoms with Crippen LogP contribution in [0.1, 0.15) is 35.5 Å². The second-order valence-corrected chi connectivity index (χ2v) is 5.25. The Bertz CT molecular complexity index is 627.